The summed E-state index contributed by atoms with van der Waals surface area (Å²) in [7, 11) is 0. The average Bonchev–Trinajstić information content (AvgIpc) is 2.97. The van der Waals surface area contributed by atoms with Crippen molar-refractivity contribution in [3.8, 4) is 5.75 Å². The molecule has 0 atom stereocenters. The highest BCUT2D eigenvalue weighted by atomic mass is 16.5. The third-order valence-corrected chi connectivity index (χ3v) is 5.41. The third-order valence-electron chi connectivity index (χ3n) is 5.41. The third kappa shape index (κ3) is 6.29. The summed E-state index contributed by atoms with van der Waals surface area (Å²) >= 11 is 0. The highest BCUT2D eigenvalue weighted by Gasteiger charge is 2.22. The molecule has 0 unspecified atom stereocenters. The van der Waals surface area contributed by atoms with Gasteiger partial charge in [0.25, 0.3) is 0 Å². The fourth-order valence-electron chi connectivity index (χ4n) is 3.78. The van der Waals surface area contributed by atoms with E-state index in [-0.39, 0.29) is 0 Å². The molecule has 0 spiro atoms. The molecule has 0 radical (unpaired) electrons. The minimum atomic E-state index is 0.330. The van der Waals surface area contributed by atoms with E-state index >= 15 is 0 Å². The summed E-state index contributed by atoms with van der Waals surface area (Å²) in [6.07, 6.45) is 5.93. The van der Waals surface area contributed by atoms with Gasteiger partial charge in [0, 0.05) is 45.8 Å². The van der Waals surface area contributed by atoms with Gasteiger partial charge in [-0.25, -0.2) is 0 Å². The predicted molar refractivity (Wildman–Crippen MR) is 104 cm³/mol. The lowest BCUT2D eigenvalue weighted by Crippen LogP contribution is -2.50. The Labute approximate surface area is 157 Å². The molecule has 2 aliphatic rings. The van der Waals surface area contributed by atoms with Crippen molar-refractivity contribution in [2.45, 2.75) is 32.1 Å². The standard InChI is InChI=1S/C21H33N3O2/c25-21(24-12-6-1-2-7-13-24)19-23-16-14-22(15-17-23)11-8-18-26-20-9-4-3-5-10-20/h3-5,9-10H,1-2,6-8,11-19H2. The second kappa shape index (κ2) is 10.5. The molecule has 2 saturated heterocycles. The van der Waals surface area contributed by atoms with Crippen molar-refractivity contribution in [3.05, 3.63) is 30.3 Å². The van der Waals surface area contributed by atoms with Gasteiger partial charge in [-0.3, -0.25) is 9.69 Å². The lowest BCUT2D eigenvalue weighted by Gasteiger charge is -2.35. The normalized spacial score (nSPS) is 19.9. The van der Waals surface area contributed by atoms with Crippen LogP contribution in [0.2, 0.25) is 0 Å². The van der Waals surface area contributed by atoms with Crippen LogP contribution in [0.25, 0.3) is 0 Å². The number of nitrogens with zero attached hydrogens (tertiary/aromatic N) is 3. The molecule has 144 valence electrons. The van der Waals surface area contributed by atoms with Crippen LogP contribution < -0.4 is 4.74 Å². The van der Waals surface area contributed by atoms with Gasteiger partial charge >= 0.3 is 0 Å². The molecule has 5 nitrogen and oxygen atoms in total. The lowest BCUT2D eigenvalue weighted by molar-refractivity contribution is -0.132. The predicted octanol–water partition coefficient (Wildman–Crippen LogP) is 2.48. The van der Waals surface area contributed by atoms with Crippen LogP contribution in [0.1, 0.15) is 32.1 Å². The molecule has 1 amide bonds. The van der Waals surface area contributed by atoms with E-state index in [0.29, 0.717) is 12.5 Å². The topological polar surface area (TPSA) is 36.0 Å². The summed E-state index contributed by atoms with van der Waals surface area (Å²) in [6, 6.07) is 10.0. The summed E-state index contributed by atoms with van der Waals surface area (Å²) in [5.41, 5.74) is 0. The number of benzene rings is 1. The zero-order valence-electron chi connectivity index (χ0n) is 15.9. The molecule has 1 aromatic rings. The van der Waals surface area contributed by atoms with Gasteiger partial charge < -0.3 is 14.5 Å². The van der Waals surface area contributed by atoms with E-state index in [9.17, 15) is 4.79 Å². The SMILES string of the molecule is O=C(CN1CCN(CCCOc2ccccc2)CC1)N1CCCCCC1. The molecule has 1 aromatic carbocycles. The molecule has 0 bridgehead atoms. The van der Waals surface area contributed by atoms with E-state index < -0.39 is 0 Å². The number of likely N-dealkylation sites (tertiary alicyclic amines) is 1. The Bertz CT molecular complexity index is 521. The lowest BCUT2D eigenvalue weighted by atomic mass is 10.2. The zero-order chi connectivity index (χ0) is 18.0. The van der Waals surface area contributed by atoms with Crippen LogP contribution in [0, 0.1) is 0 Å². The molecular formula is C21H33N3O2. The minimum absolute atomic E-state index is 0.330. The monoisotopic (exact) mass is 359 g/mol. The van der Waals surface area contributed by atoms with E-state index in [0.717, 1.165) is 64.6 Å². The van der Waals surface area contributed by atoms with Crippen LogP contribution in [0.3, 0.4) is 0 Å². The molecule has 26 heavy (non-hydrogen) atoms. The number of hydrogen-bond acceptors (Lipinski definition) is 4. The van der Waals surface area contributed by atoms with Crippen LogP contribution in [0.5, 0.6) is 5.75 Å². The Balaban J connectivity index is 1.28. The summed E-state index contributed by atoms with van der Waals surface area (Å²) in [5.74, 6) is 1.28. The molecule has 2 aliphatic heterocycles. The number of piperazine rings is 1. The van der Waals surface area contributed by atoms with Crippen LogP contribution >= 0.6 is 0 Å². The molecular weight excluding hydrogens is 326 g/mol. The van der Waals surface area contributed by atoms with Gasteiger partial charge in [-0.1, -0.05) is 31.0 Å². The summed E-state index contributed by atoms with van der Waals surface area (Å²) in [6.45, 7) is 8.46. The van der Waals surface area contributed by atoms with Gasteiger partial charge in [0.05, 0.1) is 13.2 Å². The van der Waals surface area contributed by atoms with Crippen molar-refractivity contribution in [2.24, 2.45) is 0 Å². The van der Waals surface area contributed by atoms with Crippen LogP contribution in [0.4, 0.5) is 0 Å². The number of hydrogen-bond donors (Lipinski definition) is 0. The second-order valence-electron chi connectivity index (χ2n) is 7.43. The number of para-hydroxylation sites is 1. The maximum Gasteiger partial charge on any atom is 0.236 e. The van der Waals surface area contributed by atoms with E-state index in [1.54, 1.807) is 0 Å². The zero-order valence-corrected chi connectivity index (χ0v) is 15.9. The van der Waals surface area contributed by atoms with Gasteiger partial charge in [0.15, 0.2) is 0 Å². The van der Waals surface area contributed by atoms with E-state index in [1.165, 1.54) is 25.7 Å². The Kier molecular flexibility index (Phi) is 7.77. The van der Waals surface area contributed by atoms with Crippen LogP contribution in [-0.4, -0.2) is 79.6 Å². The number of ether oxygens (including phenoxy) is 1. The molecule has 5 heteroatoms. The first-order valence-electron chi connectivity index (χ1n) is 10.2. The quantitative estimate of drug-likeness (QED) is 0.701. The van der Waals surface area contributed by atoms with Crippen molar-refractivity contribution < 1.29 is 9.53 Å². The number of carbonyl (C=O) groups is 1. The van der Waals surface area contributed by atoms with Crippen molar-refractivity contribution in [1.29, 1.82) is 0 Å². The Morgan fingerprint density at radius 3 is 2.19 bits per heavy atom. The highest BCUT2D eigenvalue weighted by molar-refractivity contribution is 5.78. The van der Waals surface area contributed by atoms with Crippen molar-refractivity contribution in [3.63, 3.8) is 0 Å². The van der Waals surface area contributed by atoms with Gasteiger partial charge in [-0.2, -0.15) is 0 Å². The first kappa shape index (κ1) is 19.2. The minimum Gasteiger partial charge on any atom is -0.494 e. The van der Waals surface area contributed by atoms with Crippen molar-refractivity contribution >= 4 is 5.91 Å². The Morgan fingerprint density at radius 1 is 0.846 bits per heavy atom. The number of carbonyl (C=O) groups excluding carboxylic acids is 1. The first-order chi connectivity index (χ1) is 12.8. The van der Waals surface area contributed by atoms with Gasteiger partial charge in [-0.15, -0.1) is 0 Å². The molecule has 2 heterocycles. The Hall–Kier alpha value is -1.59. The molecule has 3 rings (SSSR count). The maximum absolute atomic E-state index is 12.5. The molecule has 2 fully saturated rings. The summed E-state index contributed by atoms with van der Waals surface area (Å²) < 4.78 is 5.76. The van der Waals surface area contributed by atoms with Crippen molar-refractivity contribution in [1.82, 2.24) is 14.7 Å². The highest BCUT2D eigenvalue weighted by Crippen LogP contribution is 2.11. The van der Waals surface area contributed by atoms with E-state index in [2.05, 4.69) is 14.7 Å². The first-order valence-corrected chi connectivity index (χ1v) is 10.2. The number of rotatable bonds is 7. The fraction of sp³-hybridized carbons (Fsp3) is 0.667. The van der Waals surface area contributed by atoms with Gasteiger partial charge in [0.2, 0.25) is 5.91 Å². The second-order valence-corrected chi connectivity index (χ2v) is 7.43. The molecule has 0 aliphatic carbocycles. The molecule has 0 aromatic heterocycles. The fourth-order valence-corrected chi connectivity index (χ4v) is 3.78. The smallest absolute Gasteiger partial charge is 0.236 e. The number of amides is 1. The molecule has 0 saturated carbocycles. The molecule has 0 N–H and O–H groups in total. The van der Waals surface area contributed by atoms with E-state index in [4.69, 9.17) is 4.74 Å². The van der Waals surface area contributed by atoms with Crippen molar-refractivity contribution in [2.75, 3.05) is 59.0 Å². The van der Waals surface area contributed by atoms with Gasteiger partial charge in [-0.05, 0) is 31.4 Å². The van der Waals surface area contributed by atoms with Crippen LogP contribution in [-0.2, 0) is 4.79 Å². The maximum atomic E-state index is 12.5. The average molecular weight is 360 g/mol. The van der Waals surface area contributed by atoms with E-state index in [1.807, 2.05) is 30.3 Å². The Morgan fingerprint density at radius 2 is 1.50 bits per heavy atom. The summed E-state index contributed by atoms with van der Waals surface area (Å²) in [5, 5.41) is 0. The van der Waals surface area contributed by atoms with Crippen LogP contribution in [0.15, 0.2) is 30.3 Å². The van der Waals surface area contributed by atoms with Gasteiger partial charge in [0.1, 0.15) is 5.75 Å². The summed E-state index contributed by atoms with van der Waals surface area (Å²) in [4.78, 5) is 19.4. The largest absolute Gasteiger partial charge is 0.494 e.